The Kier molecular flexibility index (Phi) is 5.87. The first kappa shape index (κ1) is 17.6. The molecule has 8 heteroatoms. The summed E-state index contributed by atoms with van der Waals surface area (Å²) >= 11 is 11.8. The fraction of sp³-hybridized carbons (Fsp3) is 0.333. The highest BCUT2D eigenvalue weighted by Crippen LogP contribution is 2.27. The number of aliphatic hydroxyl groups is 1. The van der Waals surface area contributed by atoms with Gasteiger partial charge in [-0.2, -0.15) is 0 Å². The molecular formula is C15H17Cl2N3O3. The number of hydrogen-bond acceptors (Lipinski definition) is 4. The van der Waals surface area contributed by atoms with Gasteiger partial charge in [0.25, 0.3) is 5.91 Å². The number of primary amides is 1. The summed E-state index contributed by atoms with van der Waals surface area (Å²) in [5, 5.41) is 10.8. The average molecular weight is 358 g/mol. The zero-order valence-electron chi connectivity index (χ0n) is 12.4. The Hall–Kier alpha value is -1.76. The third kappa shape index (κ3) is 4.60. The van der Waals surface area contributed by atoms with E-state index in [-0.39, 0.29) is 11.7 Å². The predicted octanol–water partition coefficient (Wildman–Crippen LogP) is 2.68. The zero-order chi connectivity index (χ0) is 17.0. The van der Waals surface area contributed by atoms with E-state index >= 15 is 0 Å². The van der Waals surface area contributed by atoms with Crippen LogP contribution in [0.1, 0.15) is 29.9 Å². The maximum atomic E-state index is 11.1. The largest absolute Gasteiger partial charge is 0.493 e. The van der Waals surface area contributed by atoms with E-state index in [0.717, 1.165) is 0 Å². The first-order valence-corrected chi connectivity index (χ1v) is 7.73. The van der Waals surface area contributed by atoms with Crippen LogP contribution < -0.4 is 10.5 Å². The van der Waals surface area contributed by atoms with Gasteiger partial charge >= 0.3 is 0 Å². The van der Waals surface area contributed by atoms with Crippen LogP contribution in [0.25, 0.3) is 0 Å². The molecule has 0 aliphatic rings. The van der Waals surface area contributed by atoms with Gasteiger partial charge in [-0.3, -0.25) is 4.79 Å². The fourth-order valence-electron chi connectivity index (χ4n) is 2.15. The van der Waals surface area contributed by atoms with Crippen molar-refractivity contribution in [2.24, 2.45) is 5.73 Å². The molecule has 0 fully saturated rings. The van der Waals surface area contributed by atoms with Gasteiger partial charge in [-0.25, -0.2) is 4.98 Å². The highest BCUT2D eigenvalue weighted by Gasteiger charge is 2.18. The molecule has 2 aromatic rings. The van der Waals surface area contributed by atoms with Crippen molar-refractivity contribution < 1.29 is 14.6 Å². The van der Waals surface area contributed by atoms with E-state index in [1.54, 1.807) is 29.7 Å². The van der Waals surface area contributed by atoms with E-state index in [9.17, 15) is 9.90 Å². The molecule has 1 aromatic heterocycles. The summed E-state index contributed by atoms with van der Waals surface area (Å²) in [5.41, 5.74) is 5.33. The van der Waals surface area contributed by atoms with Crippen LogP contribution in [0.4, 0.5) is 0 Å². The number of rotatable bonds is 7. The van der Waals surface area contributed by atoms with Gasteiger partial charge in [0, 0.05) is 18.7 Å². The molecule has 0 aliphatic carbocycles. The van der Waals surface area contributed by atoms with Crippen molar-refractivity contribution in [3.8, 4) is 5.75 Å². The summed E-state index contributed by atoms with van der Waals surface area (Å²) in [4.78, 5) is 15.0. The molecule has 0 saturated carbocycles. The Labute approximate surface area is 143 Å². The molecule has 2 rings (SSSR count). The second-order valence-electron chi connectivity index (χ2n) is 5.09. The molecule has 0 aliphatic heterocycles. The number of ether oxygens (including phenoxy) is 1. The number of carbonyl (C=O) groups is 1. The monoisotopic (exact) mass is 357 g/mol. The van der Waals surface area contributed by atoms with Crippen LogP contribution in [0.2, 0.25) is 10.0 Å². The van der Waals surface area contributed by atoms with Crippen LogP contribution in [0.5, 0.6) is 5.75 Å². The molecule has 1 heterocycles. The summed E-state index contributed by atoms with van der Waals surface area (Å²) in [7, 11) is 0. The Bertz CT molecular complexity index is 688. The van der Waals surface area contributed by atoms with E-state index in [1.165, 1.54) is 12.5 Å². The number of aliphatic hydroxyl groups excluding tert-OH is 1. The third-order valence-corrected chi connectivity index (χ3v) is 4.11. The van der Waals surface area contributed by atoms with E-state index < -0.39 is 12.0 Å². The van der Waals surface area contributed by atoms with Crippen LogP contribution in [0.15, 0.2) is 30.7 Å². The van der Waals surface area contributed by atoms with Crippen molar-refractivity contribution in [3.63, 3.8) is 0 Å². The van der Waals surface area contributed by atoms with Crippen LogP contribution in [-0.4, -0.2) is 33.3 Å². The maximum Gasteiger partial charge on any atom is 0.268 e. The molecule has 6 nitrogen and oxygen atoms in total. The van der Waals surface area contributed by atoms with Gasteiger partial charge in [0.05, 0.1) is 35.1 Å². The molecule has 2 atom stereocenters. The molecule has 0 saturated heterocycles. The first-order valence-electron chi connectivity index (χ1n) is 6.97. The summed E-state index contributed by atoms with van der Waals surface area (Å²) in [6.45, 7) is 2.01. The SMILES string of the molecule is CC(O)C(CCOc1ccc(Cl)c(Cl)c1)n1cnc(C(N)=O)c1. The van der Waals surface area contributed by atoms with Crippen LogP contribution in [-0.2, 0) is 0 Å². The lowest BCUT2D eigenvalue weighted by Gasteiger charge is -2.21. The van der Waals surface area contributed by atoms with Crippen LogP contribution in [0, 0.1) is 0 Å². The molecule has 2 unspecified atom stereocenters. The first-order chi connectivity index (χ1) is 10.9. The minimum atomic E-state index is -0.651. The molecular weight excluding hydrogens is 341 g/mol. The Morgan fingerprint density at radius 2 is 2.17 bits per heavy atom. The maximum absolute atomic E-state index is 11.1. The van der Waals surface area contributed by atoms with Crippen molar-refractivity contribution in [3.05, 3.63) is 46.5 Å². The normalized spacial score (nSPS) is 13.6. The number of halogens is 2. The van der Waals surface area contributed by atoms with Gasteiger partial charge in [-0.1, -0.05) is 23.2 Å². The van der Waals surface area contributed by atoms with E-state index in [0.29, 0.717) is 28.8 Å². The summed E-state index contributed by atoms with van der Waals surface area (Å²) in [6, 6.07) is 4.70. The quantitative estimate of drug-likeness (QED) is 0.796. The van der Waals surface area contributed by atoms with Gasteiger partial charge in [0.2, 0.25) is 0 Å². The summed E-state index contributed by atoms with van der Waals surface area (Å²) < 4.78 is 7.27. The van der Waals surface area contributed by atoms with Gasteiger partial charge < -0.3 is 20.1 Å². The lowest BCUT2D eigenvalue weighted by molar-refractivity contribution is 0.0993. The van der Waals surface area contributed by atoms with Gasteiger partial charge in [-0.15, -0.1) is 0 Å². The minimum Gasteiger partial charge on any atom is -0.493 e. The lowest BCUT2D eigenvalue weighted by atomic mass is 10.1. The van der Waals surface area contributed by atoms with E-state index in [4.69, 9.17) is 33.7 Å². The Balaban J connectivity index is 1.99. The Morgan fingerprint density at radius 1 is 1.43 bits per heavy atom. The van der Waals surface area contributed by atoms with Crippen molar-refractivity contribution in [2.75, 3.05) is 6.61 Å². The second-order valence-corrected chi connectivity index (χ2v) is 5.91. The molecule has 0 spiro atoms. The lowest BCUT2D eigenvalue weighted by Crippen LogP contribution is -2.23. The Morgan fingerprint density at radius 3 is 2.74 bits per heavy atom. The van der Waals surface area contributed by atoms with Gasteiger partial charge in [0.15, 0.2) is 0 Å². The van der Waals surface area contributed by atoms with E-state index in [1.807, 2.05) is 0 Å². The molecule has 124 valence electrons. The number of aromatic nitrogens is 2. The average Bonchev–Trinajstić information content (AvgIpc) is 2.96. The van der Waals surface area contributed by atoms with Crippen molar-refractivity contribution in [2.45, 2.75) is 25.5 Å². The number of benzene rings is 1. The number of nitrogens with zero attached hydrogens (tertiary/aromatic N) is 2. The summed E-state index contributed by atoms with van der Waals surface area (Å²) in [5.74, 6) is -0.0210. The smallest absolute Gasteiger partial charge is 0.268 e. The van der Waals surface area contributed by atoms with Crippen molar-refractivity contribution >= 4 is 29.1 Å². The van der Waals surface area contributed by atoms with Crippen molar-refractivity contribution in [1.82, 2.24) is 9.55 Å². The van der Waals surface area contributed by atoms with Crippen LogP contribution in [0.3, 0.4) is 0 Å². The van der Waals surface area contributed by atoms with Crippen LogP contribution >= 0.6 is 23.2 Å². The number of carbonyl (C=O) groups excluding carboxylic acids is 1. The van der Waals surface area contributed by atoms with Crippen molar-refractivity contribution in [1.29, 1.82) is 0 Å². The highest BCUT2D eigenvalue weighted by atomic mass is 35.5. The number of nitrogens with two attached hydrogens (primary N) is 1. The molecule has 1 amide bonds. The zero-order valence-corrected chi connectivity index (χ0v) is 14.0. The van der Waals surface area contributed by atoms with Gasteiger partial charge in [-0.05, 0) is 19.1 Å². The number of imidazole rings is 1. The second kappa shape index (κ2) is 7.68. The molecule has 23 heavy (non-hydrogen) atoms. The fourth-order valence-corrected chi connectivity index (χ4v) is 2.44. The molecule has 1 aromatic carbocycles. The predicted molar refractivity (Wildman–Crippen MR) is 88.0 cm³/mol. The molecule has 3 N–H and O–H groups in total. The molecule has 0 radical (unpaired) electrons. The summed E-state index contributed by atoms with van der Waals surface area (Å²) in [6.07, 6.45) is 2.84. The minimum absolute atomic E-state index is 0.154. The standard InChI is InChI=1S/C15H17Cl2N3O3/c1-9(21)14(20-7-13(15(18)22)19-8-20)4-5-23-10-2-3-11(16)12(17)6-10/h2-3,6-9,14,21H,4-5H2,1H3,(H2,18,22). The van der Waals surface area contributed by atoms with E-state index in [2.05, 4.69) is 4.98 Å². The topological polar surface area (TPSA) is 90.4 Å². The molecule has 0 bridgehead atoms. The number of amides is 1. The van der Waals surface area contributed by atoms with Gasteiger partial charge in [0.1, 0.15) is 11.4 Å². The highest BCUT2D eigenvalue weighted by molar-refractivity contribution is 6.42. The number of hydrogen-bond donors (Lipinski definition) is 2. The third-order valence-electron chi connectivity index (χ3n) is 3.37.